The molecule has 1 aliphatic carbocycles. The molecule has 1 aliphatic rings. The van der Waals surface area contributed by atoms with Crippen LogP contribution in [0.2, 0.25) is 0 Å². The number of allylic oxidation sites excluding steroid dienone is 5. The summed E-state index contributed by atoms with van der Waals surface area (Å²) >= 11 is 0. The van der Waals surface area contributed by atoms with E-state index in [1.54, 1.807) is 12.1 Å². The molecule has 0 saturated carbocycles. The van der Waals surface area contributed by atoms with Crippen LogP contribution in [0.1, 0.15) is 58.3 Å². The van der Waals surface area contributed by atoms with Crippen molar-refractivity contribution in [3.8, 4) is 0 Å². The Hall–Kier alpha value is -3.26. The smallest absolute Gasteiger partial charge is 0.334 e. The number of hydrogen-bond acceptors (Lipinski definition) is 4. The van der Waals surface area contributed by atoms with Crippen LogP contribution in [0, 0.1) is 5.41 Å². The van der Waals surface area contributed by atoms with E-state index >= 15 is 0 Å². The molecule has 0 fully saturated rings. The summed E-state index contributed by atoms with van der Waals surface area (Å²) in [4.78, 5) is 13.3. The molecular formula is C29H40F2N2O4. The van der Waals surface area contributed by atoms with Gasteiger partial charge in [0.15, 0.2) is 0 Å². The number of alkyl halides is 2. The van der Waals surface area contributed by atoms with Crippen LogP contribution in [0.4, 0.5) is 8.78 Å². The van der Waals surface area contributed by atoms with Gasteiger partial charge in [-0.3, -0.25) is 9.80 Å². The molecule has 0 amide bonds. The van der Waals surface area contributed by atoms with Crippen molar-refractivity contribution in [2.75, 3.05) is 26.4 Å². The van der Waals surface area contributed by atoms with Gasteiger partial charge < -0.3 is 19.5 Å². The van der Waals surface area contributed by atoms with Crippen LogP contribution in [0.25, 0.3) is 0 Å². The van der Waals surface area contributed by atoms with E-state index in [4.69, 9.17) is 14.9 Å². The molecule has 2 N–H and O–H groups in total. The zero-order chi connectivity index (χ0) is 27.8. The molecule has 0 aromatic heterocycles. The topological polar surface area (TPSA) is 82.9 Å². The lowest BCUT2D eigenvalue weighted by Crippen LogP contribution is -2.35. The molecule has 8 heteroatoms. The number of hydrogen-bond donors (Lipinski definition) is 2. The van der Waals surface area contributed by atoms with E-state index in [0.717, 1.165) is 11.1 Å². The molecule has 2 atom stereocenters. The van der Waals surface area contributed by atoms with Crippen molar-refractivity contribution >= 4 is 11.8 Å². The third-order valence-electron chi connectivity index (χ3n) is 5.37. The highest BCUT2D eigenvalue weighted by molar-refractivity contribution is 5.88. The lowest BCUT2D eigenvalue weighted by atomic mass is 10.0. The molecule has 1 aromatic rings. The molecule has 2 unspecified atom stereocenters. The van der Waals surface area contributed by atoms with E-state index in [0.29, 0.717) is 37.4 Å². The zero-order valence-corrected chi connectivity index (χ0v) is 22.5. The highest BCUT2D eigenvalue weighted by atomic mass is 19.1. The van der Waals surface area contributed by atoms with Gasteiger partial charge in [0.05, 0.1) is 24.1 Å². The largest absolute Gasteiger partial charge is 0.490 e. The predicted octanol–water partition coefficient (Wildman–Crippen LogP) is 6.71. The highest BCUT2D eigenvalue weighted by Gasteiger charge is 2.26. The number of ether oxygens (including phenoxy) is 2. The first kappa shape index (κ1) is 31.8. The first-order valence-corrected chi connectivity index (χ1v) is 12.4. The average Bonchev–Trinajstić information content (AvgIpc) is 2.86. The molecule has 0 heterocycles. The van der Waals surface area contributed by atoms with Crippen molar-refractivity contribution in [1.29, 1.82) is 5.41 Å². The third-order valence-corrected chi connectivity index (χ3v) is 5.37. The molecule has 0 bridgehead atoms. The summed E-state index contributed by atoms with van der Waals surface area (Å²) < 4.78 is 35.5. The van der Waals surface area contributed by atoms with Gasteiger partial charge in [-0.15, -0.1) is 0 Å². The van der Waals surface area contributed by atoms with Crippen molar-refractivity contribution < 1.29 is 28.2 Å². The molecule has 204 valence electrons. The van der Waals surface area contributed by atoms with Crippen molar-refractivity contribution in [2.45, 2.75) is 59.9 Å². The summed E-state index contributed by atoms with van der Waals surface area (Å²) in [6.07, 6.45) is 7.67. The maximum absolute atomic E-state index is 13.8. The second-order valence-electron chi connectivity index (χ2n) is 8.47. The molecule has 37 heavy (non-hydrogen) atoms. The van der Waals surface area contributed by atoms with Gasteiger partial charge in [0.2, 0.25) is 0 Å². The van der Waals surface area contributed by atoms with Crippen LogP contribution >= 0.6 is 0 Å². The number of nitrogens with one attached hydrogen (secondary N) is 1. The quantitative estimate of drug-likeness (QED) is 0.182. The molecule has 0 aliphatic heterocycles. The maximum atomic E-state index is 13.8. The second kappa shape index (κ2) is 17.2. The van der Waals surface area contributed by atoms with E-state index in [1.165, 1.54) is 19.9 Å². The lowest BCUT2D eigenvalue weighted by Gasteiger charge is -2.27. The number of rotatable bonds is 12. The number of amidine groups is 1. The van der Waals surface area contributed by atoms with Crippen LogP contribution < -0.4 is 0 Å². The van der Waals surface area contributed by atoms with Crippen molar-refractivity contribution in [1.82, 2.24) is 4.90 Å². The van der Waals surface area contributed by atoms with Crippen LogP contribution in [0.3, 0.4) is 0 Å². The van der Waals surface area contributed by atoms with E-state index in [2.05, 4.69) is 0 Å². The molecule has 0 radical (unpaired) electrons. The number of aliphatic carboxylic acids is 1. The number of halogens is 2. The summed E-state index contributed by atoms with van der Waals surface area (Å²) in [5.74, 6) is -0.169. The number of carboxylic acid groups (broad SMARTS) is 1. The minimum absolute atomic E-state index is 0.0248. The van der Waals surface area contributed by atoms with Crippen LogP contribution in [0.15, 0.2) is 71.6 Å². The number of carboxylic acids is 1. The van der Waals surface area contributed by atoms with Crippen molar-refractivity contribution in [2.24, 2.45) is 0 Å². The monoisotopic (exact) mass is 518 g/mol. The molecular weight excluding hydrogens is 478 g/mol. The minimum atomic E-state index is -1.06. The summed E-state index contributed by atoms with van der Waals surface area (Å²) in [5, 5.41) is 18.0. The fourth-order valence-electron chi connectivity index (χ4n) is 3.59. The van der Waals surface area contributed by atoms with Gasteiger partial charge in [-0.1, -0.05) is 48.1 Å². The zero-order valence-electron chi connectivity index (χ0n) is 22.5. The van der Waals surface area contributed by atoms with E-state index < -0.39 is 18.2 Å². The van der Waals surface area contributed by atoms with Gasteiger partial charge in [-0.05, 0) is 57.9 Å². The van der Waals surface area contributed by atoms with Gasteiger partial charge in [-0.25, -0.2) is 9.18 Å². The summed E-state index contributed by atoms with van der Waals surface area (Å²) in [6.45, 7) is 9.84. The Kier molecular flexibility index (Phi) is 14.8. The van der Waals surface area contributed by atoms with Gasteiger partial charge in [0, 0.05) is 26.1 Å². The summed E-state index contributed by atoms with van der Waals surface area (Å²) in [6, 6.07) is 7.33. The summed E-state index contributed by atoms with van der Waals surface area (Å²) in [7, 11) is 0. The molecule has 0 spiro atoms. The fourth-order valence-corrected chi connectivity index (χ4v) is 3.59. The molecule has 1 aromatic carbocycles. The Morgan fingerprint density at radius 3 is 2.62 bits per heavy atom. The fraction of sp³-hybridized carbons (Fsp3) is 0.448. The first-order chi connectivity index (χ1) is 17.7. The van der Waals surface area contributed by atoms with Crippen molar-refractivity contribution in [3.05, 3.63) is 82.7 Å². The maximum Gasteiger partial charge on any atom is 0.334 e. The van der Waals surface area contributed by atoms with Crippen LogP contribution in [0.5, 0.6) is 0 Å². The predicted molar refractivity (Wildman–Crippen MR) is 144 cm³/mol. The minimum Gasteiger partial charge on any atom is -0.490 e. The van der Waals surface area contributed by atoms with Crippen LogP contribution in [-0.4, -0.2) is 54.3 Å². The molecule has 6 nitrogen and oxygen atoms in total. The van der Waals surface area contributed by atoms with Crippen LogP contribution in [-0.2, 0) is 20.8 Å². The van der Waals surface area contributed by atoms with Gasteiger partial charge in [0.1, 0.15) is 18.6 Å². The number of nitrogens with zero attached hydrogens (tertiary/aromatic N) is 1. The summed E-state index contributed by atoms with van der Waals surface area (Å²) in [5.41, 5.74) is 2.78. The standard InChI is InChI=1S/C27H35FN2O4.C2H5F/c1-5-7-9-19(3)16-30(17-21-10-8-11-22(14-21)20(4)28)26(29)18-34-23-12-13-24(27(31)32)25(15-23)33-6-2;1-2-3/h5,7-14,20,25,29H,6,15-18H2,1-4H3,(H,31,32);2H2,1H3/b7-5-,19-9-,29-26?;. The number of benzene rings is 1. The van der Waals surface area contributed by atoms with Gasteiger partial charge >= 0.3 is 5.97 Å². The van der Waals surface area contributed by atoms with Crippen molar-refractivity contribution in [3.63, 3.8) is 0 Å². The second-order valence-corrected chi connectivity index (χ2v) is 8.47. The van der Waals surface area contributed by atoms with E-state index in [1.807, 2.05) is 62.1 Å². The average molecular weight is 519 g/mol. The highest BCUT2D eigenvalue weighted by Crippen LogP contribution is 2.24. The Bertz CT molecular complexity index is 999. The Morgan fingerprint density at radius 2 is 2.03 bits per heavy atom. The molecule has 0 saturated heterocycles. The Labute approximate surface area is 219 Å². The van der Waals surface area contributed by atoms with E-state index in [9.17, 15) is 18.7 Å². The normalized spacial score (nSPS) is 16.3. The van der Waals surface area contributed by atoms with Gasteiger partial charge in [0.25, 0.3) is 0 Å². The lowest BCUT2D eigenvalue weighted by molar-refractivity contribution is -0.134. The van der Waals surface area contributed by atoms with Gasteiger partial charge in [-0.2, -0.15) is 0 Å². The number of carbonyl (C=O) groups is 1. The van der Waals surface area contributed by atoms with E-state index in [-0.39, 0.29) is 24.7 Å². The first-order valence-electron chi connectivity index (χ1n) is 12.4. The molecule has 2 rings (SSSR count). The Balaban J connectivity index is 0.00000217. The SMILES string of the molecule is C/C=C\C=C(\C)CN(Cc1cccc(C(C)F)c1)C(=N)COC1=CC=C(C(=O)O)C(OCC)C1.CCF. The third kappa shape index (κ3) is 11.6. The Morgan fingerprint density at radius 1 is 1.32 bits per heavy atom.